The summed E-state index contributed by atoms with van der Waals surface area (Å²) in [5.74, 6) is 7.09. The number of fused-ring (bicyclic) bond motifs is 6. The highest BCUT2D eigenvalue weighted by Gasteiger charge is 2.65. The van der Waals surface area contributed by atoms with E-state index in [-0.39, 0.29) is 273 Å². The van der Waals surface area contributed by atoms with Crippen LogP contribution in [0.1, 0.15) is 533 Å². The molecule has 135 heavy (non-hydrogen) atoms. The van der Waals surface area contributed by atoms with Crippen LogP contribution in [0.15, 0.2) is 0 Å². The minimum absolute atomic E-state index is 0. The van der Waals surface area contributed by atoms with Crippen molar-refractivity contribution in [2.45, 2.75) is 584 Å². The lowest BCUT2D eigenvalue weighted by Gasteiger charge is -2.61. The summed E-state index contributed by atoms with van der Waals surface area (Å²) in [5, 5.41) is 0. The van der Waals surface area contributed by atoms with E-state index in [2.05, 4.69) is 62.3 Å². The van der Waals surface area contributed by atoms with Crippen LogP contribution in [0.4, 0.5) is 0 Å². The van der Waals surface area contributed by atoms with Crippen molar-refractivity contribution in [1.82, 2.24) is 0 Å². The van der Waals surface area contributed by atoms with Gasteiger partial charge in [-0.05, 0) is 391 Å². The van der Waals surface area contributed by atoms with Crippen molar-refractivity contribution in [3.05, 3.63) is 0 Å². The second kappa shape index (κ2) is 53.5. The molecule has 0 aromatic rings. The summed E-state index contributed by atoms with van der Waals surface area (Å²) < 4.78 is 51.5. The average molecular weight is 1930 g/mol. The minimum Gasteiger partial charge on any atom is -0.459 e. The van der Waals surface area contributed by atoms with Gasteiger partial charge in [-0.3, -0.25) is 43.2 Å². The maximum Gasteiger partial charge on any atom is 0.312 e. The van der Waals surface area contributed by atoms with E-state index in [1.54, 1.807) is 0 Å². The molecule has 0 amide bonds. The standard InChI is InChI=1S/3C19H32O2.C15H24O4.C14H22O4.C13H20O4.18CH4/c3*1-6-17(2,3)16(20)21-18(4,5)19-10-13-7-14(11-19)9-15(8-13)12-19;1-6-13(2,3)12(17)19-14(4)8-7-10-9-15(14,5)18-11(10)16;1-5-13(2,3)12(16)18-14(4)7-6-9-8-10(14)17-11(9)15;1-4-13(2,3)12(15)17-9-6-5-8-7-10(9)16-11(8)14;;;;;;;;;;;;;;;;;;/h3*13-15H,6-12H2,1-5H3;10H,6-9H2,1-5H3;9-10H,5-8H2,1-4H3;8-10H,4-7H2,1-3H3;18*1H4. The normalized spacial score (nSPS) is 32.1. The summed E-state index contributed by atoms with van der Waals surface area (Å²) in [6.07, 6.45) is 34.9. The van der Waals surface area contributed by atoms with Crippen molar-refractivity contribution in [1.29, 1.82) is 0 Å². The molecule has 18 fully saturated rings. The molecule has 18 bridgehead atoms. The quantitative estimate of drug-likeness (QED) is 0.0767. The molecule has 15 aliphatic carbocycles. The van der Waals surface area contributed by atoms with Crippen LogP contribution in [-0.4, -0.2) is 106 Å². The smallest absolute Gasteiger partial charge is 0.312 e. The van der Waals surface area contributed by atoms with Gasteiger partial charge in [0, 0.05) is 35.5 Å². The van der Waals surface area contributed by atoms with Gasteiger partial charge in [0.05, 0.1) is 50.2 Å². The lowest BCUT2D eigenvalue weighted by molar-refractivity contribution is -0.206. The second-order valence-corrected chi connectivity index (χ2v) is 47.0. The van der Waals surface area contributed by atoms with Crippen LogP contribution in [0.2, 0.25) is 0 Å². The molecule has 0 N–H and O–H groups in total. The van der Waals surface area contributed by atoms with E-state index in [0.717, 1.165) is 117 Å². The highest BCUT2D eigenvalue weighted by atomic mass is 16.6. The third kappa shape index (κ3) is 30.9. The molecule has 15 saturated carbocycles. The van der Waals surface area contributed by atoms with E-state index < -0.39 is 33.0 Å². The van der Waals surface area contributed by atoms with Gasteiger partial charge in [-0.25, -0.2) is 0 Å². The molecule has 9 atom stereocenters. The molecule has 0 spiro atoms. The number of hydrogen-bond acceptors (Lipinski definition) is 18. The molecule has 0 radical (unpaired) electrons. The highest BCUT2D eigenvalue weighted by molar-refractivity contribution is 5.81. The molecule has 18 aliphatic rings. The SMILES string of the molecule is C.C.C.C.C.C.C.C.C.C.C.C.C.C.C.C.C.C.CCC(C)(C)C(=O)OC(C)(C)C12CC3CC(CC(C3)C1)C2.CCC(C)(C)C(=O)OC(C)(C)C12CC3CC(CC(C3)C1)C2.CCC(C)(C)C(=O)OC(C)(C)C12CC3CC(CC(C3)C1)C2.CCC(C)(C)C(=O)OC1(C)CCC2CC1(C)OC2=O.CCC(C)(C)C(=O)OC1(C)CCC2CC1OC2=O.CCC(C)(C)C(=O)OC1CCC2CC1OC2=O. The Labute approximate surface area is 839 Å². The van der Waals surface area contributed by atoms with Crippen LogP contribution in [-0.2, 0) is 85.8 Å². The van der Waals surface area contributed by atoms with E-state index in [9.17, 15) is 43.2 Å². The van der Waals surface area contributed by atoms with E-state index in [1.807, 2.05) is 125 Å². The monoisotopic (exact) mass is 1930 g/mol. The molecule has 18 heteroatoms. The number of carbonyl (C=O) groups excluding carboxylic acids is 9. The summed E-state index contributed by atoms with van der Waals surface area (Å²) in [7, 11) is 0. The Balaban J connectivity index is -0.000000197. The van der Waals surface area contributed by atoms with Gasteiger partial charge in [-0.15, -0.1) is 0 Å². The second-order valence-electron chi connectivity index (χ2n) is 47.0. The summed E-state index contributed by atoms with van der Waals surface area (Å²) in [4.78, 5) is 109. The van der Waals surface area contributed by atoms with Crippen LogP contribution >= 0.6 is 0 Å². The summed E-state index contributed by atoms with van der Waals surface area (Å²) in [5.41, 5.74) is -4.74. The maximum absolute atomic E-state index is 12.6. The van der Waals surface area contributed by atoms with Gasteiger partial charge in [0.15, 0.2) is 0 Å². The molecule has 3 aliphatic heterocycles. The maximum atomic E-state index is 12.6. The van der Waals surface area contributed by atoms with Gasteiger partial charge < -0.3 is 42.6 Å². The Morgan fingerprint density at radius 3 is 0.852 bits per heavy atom. The Bertz CT molecular complexity index is 3320. The van der Waals surface area contributed by atoms with Crippen molar-refractivity contribution in [2.75, 3.05) is 0 Å². The Morgan fingerprint density at radius 2 is 0.556 bits per heavy atom. The minimum atomic E-state index is -0.709. The molecular weight excluding hydrogens is 1690 g/mol. The number of hydrogen-bond donors (Lipinski definition) is 0. The number of ether oxygens (including phenoxy) is 9. The average Bonchev–Trinajstić information content (AvgIpc) is 1.54. The molecule has 810 valence electrons. The lowest BCUT2D eigenvalue weighted by Crippen LogP contribution is -2.58. The van der Waals surface area contributed by atoms with E-state index in [0.29, 0.717) is 32.1 Å². The van der Waals surface area contributed by atoms with Gasteiger partial charge in [0.25, 0.3) is 0 Å². The Kier molecular flexibility index (Phi) is 58.7. The van der Waals surface area contributed by atoms with Crippen molar-refractivity contribution >= 4 is 53.7 Å². The first-order chi connectivity index (χ1) is 53.9. The van der Waals surface area contributed by atoms with Crippen LogP contribution in [0, 0.1) is 120 Å². The molecule has 18 nitrogen and oxygen atoms in total. The topological polar surface area (TPSA) is 237 Å². The highest BCUT2D eigenvalue weighted by Crippen LogP contribution is 2.68. The zero-order valence-corrected chi connectivity index (χ0v) is 78.3. The first-order valence-corrected chi connectivity index (χ1v) is 46.9. The van der Waals surface area contributed by atoms with Crippen LogP contribution < -0.4 is 0 Å². The van der Waals surface area contributed by atoms with Gasteiger partial charge in [0.2, 0.25) is 0 Å². The molecule has 9 unspecified atom stereocenters. The fourth-order valence-electron chi connectivity index (χ4n) is 24.0. The van der Waals surface area contributed by atoms with Crippen molar-refractivity contribution in [3.63, 3.8) is 0 Å². The lowest BCUT2D eigenvalue weighted by atomic mass is 9.46. The number of esters is 9. The summed E-state index contributed by atoms with van der Waals surface area (Å²) in [6, 6.07) is 0. The Hall–Kier alpha value is -4.77. The van der Waals surface area contributed by atoms with Crippen LogP contribution in [0.3, 0.4) is 0 Å². The largest absolute Gasteiger partial charge is 0.459 e. The van der Waals surface area contributed by atoms with Crippen molar-refractivity contribution in [3.8, 4) is 0 Å². The predicted molar refractivity (Wildman–Crippen MR) is 573 cm³/mol. The molecule has 3 saturated heterocycles. The van der Waals surface area contributed by atoms with Crippen LogP contribution in [0.5, 0.6) is 0 Å². The molecule has 3 heterocycles. The predicted octanol–water partition coefficient (Wildman–Crippen LogP) is 33.7. The first kappa shape index (κ1) is 148. The fraction of sp³-hybridized carbons (Fsp3) is 0.923. The Morgan fingerprint density at radius 1 is 0.296 bits per heavy atom. The van der Waals surface area contributed by atoms with Crippen molar-refractivity contribution < 1.29 is 85.8 Å². The van der Waals surface area contributed by atoms with E-state index >= 15 is 0 Å². The van der Waals surface area contributed by atoms with Crippen LogP contribution in [0.25, 0.3) is 0 Å². The van der Waals surface area contributed by atoms with Gasteiger partial charge in [0.1, 0.15) is 51.9 Å². The third-order valence-corrected chi connectivity index (χ3v) is 35.0. The molecule has 0 aromatic carbocycles. The zero-order chi connectivity index (χ0) is 87.1. The molecule has 18 rings (SSSR count). The third-order valence-electron chi connectivity index (χ3n) is 35.0. The fourth-order valence-corrected chi connectivity index (χ4v) is 24.0. The zero-order valence-electron chi connectivity index (χ0n) is 78.3. The van der Waals surface area contributed by atoms with Gasteiger partial charge in [-0.1, -0.05) is 175 Å². The summed E-state index contributed by atoms with van der Waals surface area (Å²) in [6.45, 7) is 54.2. The van der Waals surface area contributed by atoms with E-state index in [1.165, 1.54) is 116 Å². The van der Waals surface area contributed by atoms with Gasteiger partial charge >= 0.3 is 53.7 Å². The number of carbonyl (C=O) groups is 9. The summed E-state index contributed by atoms with van der Waals surface area (Å²) >= 11 is 0. The van der Waals surface area contributed by atoms with Gasteiger partial charge in [-0.2, -0.15) is 0 Å². The van der Waals surface area contributed by atoms with Crippen molar-refractivity contribution in [2.24, 2.45) is 120 Å². The molecular formula is C117H234O18. The molecule has 0 aromatic heterocycles. The number of rotatable bonds is 21. The first-order valence-electron chi connectivity index (χ1n) is 46.9. The van der Waals surface area contributed by atoms with E-state index in [4.69, 9.17) is 42.6 Å².